The molecule has 0 radical (unpaired) electrons. The molecule has 20 heavy (non-hydrogen) atoms. The second-order valence-electron chi connectivity index (χ2n) is 4.55. The van der Waals surface area contributed by atoms with Crippen LogP contribution < -0.4 is 5.73 Å². The maximum atomic E-state index is 11.9. The quantitative estimate of drug-likeness (QED) is 0.871. The molecule has 0 bridgehead atoms. The molecule has 1 heterocycles. The van der Waals surface area contributed by atoms with E-state index < -0.39 is 12.0 Å². The maximum absolute atomic E-state index is 11.9. The number of carbonyl (C=O) groups excluding carboxylic acids is 2. The number of rotatable bonds is 3. The molecule has 1 fully saturated rings. The summed E-state index contributed by atoms with van der Waals surface area (Å²) in [7, 11) is 0. The van der Waals surface area contributed by atoms with Gasteiger partial charge in [0.2, 0.25) is 0 Å². The van der Waals surface area contributed by atoms with E-state index in [0.29, 0.717) is 11.6 Å². The Morgan fingerprint density at radius 2 is 2.15 bits per heavy atom. The highest BCUT2D eigenvalue weighted by Gasteiger charge is 2.28. The van der Waals surface area contributed by atoms with Gasteiger partial charge in [0.1, 0.15) is 6.61 Å². The second-order valence-corrected chi connectivity index (χ2v) is 5.39. The van der Waals surface area contributed by atoms with E-state index in [1.807, 2.05) is 0 Å². The summed E-state index contributed by atoms with van der Waals surface area (Å²) in [6.45, 7) is 0.708. The summed E-state index contributed by atoms with van der Waals surface area (Å²) >= 11 is 11.7. The Labute approximate surface area is 126 Å². The summed E-state index contributed by atoms with van der Waals surface area (Å²) in [5.74, 6) is -0.539. The monoisotopic (exact) mass is 316 g/mol. The van der Waals surface area contributed by atoms with Gasteiger partial charge in [-0.2, -0.15) is 0 Å². The number of hydrogen-bond acceptors (Lipinski definition) is 3. The van der Waals surface area contributed by atoms with E-state index in [1.54, 1.807) is 6.07 Å². The number of benzene rings is 1. The van der Waals surface area contributed by atoms with E-state index in [1.165, 1.54) is 17.0 Å². The minimum absolute atomic E-state index is 0.112. The van der Waals surface area contributed by atoms with Gasteiger partial charge in [0.25, 0.3) is 0 Å². The predicted octanol–water partition coefficient (Wildman–Crippen LogP) is 2.69. The smallest absolute Gasteiger partial charge is 0.339 e. The van der Waals surface area contributed by atoms with E-state index in [-0.39, 0.29) is 23.2 Å². The largest absolute Gasteiger partial charge is 0.460 e. The molecular formula is C13H14Cl2N2O3. The molecule has 5 nitrogen and oxygen atoms in total. The first-order valence-corrected chi connectivity index (χ1v) is 6.93. The van der Waals surface area contributed by atoms with Crippen LogP contribution in [-0.2, 0) is 4.74 Å². The Hall–Kier alpha value is -1.46. The minimum atomic E-state index is -0.539. The number of nitrogens with two attached hydrogens (primary N) is 1. The lowest BCUT2D eigenvalue weighted by molar-refractivity contribution is 0.0422. The molecule has 0 aromatic heterocycles. The molecule has 0 aliphatic carbocycles. The van der Waals surface area contributed by atoms with E-state index in [2.05, 4.69) is 0 Å². The number of likely N-dealkylation sites (tertiary alicyclic amines) is 1. The molecule has 2 amide bonds. The van der Waals surface area contributed by atoms with Gasteiger partial charge in [0.15, 0.2) is 0 Å². The van der Waals surface area contributed by atoms with Gasteiger partial charge in [0, 0.05) is 11.6 Å². The van der Waals surface area contributed by atoms with Crippen LogP contribution in [0.5, 0.6) is 0 Å². The summed E-state index contributed by atoms with van der Waals surface area (Å²) < 4.78 is 5.20. The Morgan fingerprint density at radius 1 is 1.40 bits per heavy atom. The van der Waals surface area contributed by atoms with Crippen LogP contribution in [0.1, 0.15) is 23.2 Å². The molecule has 1 atom stereocenters. The summed E-state index contributed by atoms with van der Waals surface area (Å²) in [4.78, 5) is 24.6. The van der Waals surface area contributed by atoms with Crippen molar-refractivity contribution in [2.75, 3.05) is 13.2 Å². The summed E-state index contributed by atoms with van der Waals surface area (Å²) in [5.41, 5.74) is 5.51. The van der Waals surface area contributed by atoms with Gasteiger partial charge >= 0.3 is 12.0 Å². The average molecular weight is 317 g/mol. The fourth-order valence-corrected chi connectivity index (χ4v) is 2.69. The summed E-state index contributed by atoms with van der Waals surface area (Å²) in [6.07, 6.45) is 1.62. The first kappa shape index (κ1) is 14.9. The molecule has 1 aromatic carbocycles. The van der Waals surface area contributed by atoms with Gasteiger partial charge in [-0.1, -0.05) is 23.2 Å². The average Bonchev–Trinajstić information content (AvgIpc) is 2.84. The van der Waals surface area contributed by atoms with Crippen LogP contribution in [0.2, 0.25) is 10.0 Å². The van der Waals surface area contributed by atoms with Crippen molar-refractivity contribution in [1.82, 2.24) is 4.90 Å². The predicted molar refractivity (Wildman–Crippen MR) is 76.1 cm³/mol. The van der Waals surface area contributed by atoms with Crippen LogP contribution in [0.25, 0.3) is 0 Å². The Bertz CT molecular complexity index is 536. The lowest BCUT2D eigenvalue weighted by Gasteiger charge is -2.22. The van der Waals surface area contributed by atoms with E-state index in [9.17, 15) is 9.59 Å². The fourth-order valence-electron chi connectivity index (χ4n) is 2.20. The third-order valence-electron chi connectivity index (χ3n) is 3.22. The molecule has 2 rings (SSSR count). The number of halogens is 2. The van der Waals surface area contributed by atoms with Gasteiger partial charge in [-0.3, -0.25) is 0 Å². The van der Waals surface area contributed by atoms with Crippen molar-refractivity contribution in [3.8, 4) is 0 Å². The number of hydrogen-bond donors (Lipinski definition) is 1. The van der Waals surface area contributed by atoms with Crippen molar-refractivity contribution in [3.63, 3.8) is 0 Å². The zero-order chi connectivity index (χ0) is 14.7. The third-order valence-corrected chi connectivity index (χ3v) is 3.77. The van der Waals surface area contributed by atoms with Crippen LogP contribution >= 0.6 is 23.2 Å². The van der Waals surface area contributed by atoms with Crippen molar-refractivity contribution in [2.24, 2.45) is 5.73 Å². The van der Waals surface area contributed by atoms with Crippen LogP contribution in [0.3, 0.4) is 0 Å². The van der Waals surface area contributed by atoms with Crippen molar-refractivity contribution in [3.05, 3.63) is 33.8 Å². The van der Waals surface area contributed by atoms with Crippen molar-refractivity contribution < 1.29 is 14.3 Å². The zero-order valence-corrected chi connectivity index (χ0v) is 12.2. The topological polar surface area (TPSA) is 72.6 Å². The molecule has 2 N–H and O–H groups in total. The summed E-state index contributed by atoms with van der Waals surface area (Å²) in [5, 5.41) is 0.683. The van der Waals surface area contributed by atoms with E-state index in [0.717, 1.165) is 12.8 Å². The molecule has 1 aromatic rings. The summed E-state index contributed by atoms with van der Waals surface area (Å²) in [6, 6.07) is 3.89. The highest BCUT2D eigenvalue weighted by molar-refractivity contribution is 6.36. The van der Waals surface area contributed by atoms with Gasteiger partial charge in [-0.15, -0.1) is 0 Å². The number of nitrogens with zero attached hydrogens (tertiary/aromatic N) is 1. The molecular weight excluding hydrogens is 303 g/mol. The standard InChI is InChI=1S/C13H14Cl2N2O3/c14-8-3-4-10(11(15)6-8)12(18)20-7-9-2-1-5-17(9)13(16)19/h3-4,6,9H,1-2,5,7H2,(H2,16,19)/t9-/m1/s1. The zero-order valence-electron chi connectivity index (χ0n) is 10.6. The second kappa shape index (κ2) is 6.33. The molecule has 0 spiro atoms. The molecule has 1 saturated heterocycles. The number of carbonyl (C=O) groups is 2. The number of ether oxygens (including phenoxy) is 1. The van der Waals surface area contributed by atoms with Gasteiger partial charge in [-0.25, -0.2) is 9.59 Å². The number of esters is 1. The maximum Gasteiger partial charge on any atom is 0.339 e. The lowest BCUT2D eigenvalue weighted by atomic mass is 10.2. The Balaban J connectivity index is 1.97. The molecule has 0 unspecified atom stereocenters. The number of amides is 2. The number of primary amides is 1. The molecule has 1 aliphatic heterocycles. The van der Waals surface area contributed by atoms with Crippen LogP contribution in [0, 0.1) is 0 Å². The van der Waals surface area contributed by atoms with E-state index >= 15 is 0 Å². The van der Waals surface area contributed by atoms with Crippen LogP contribution in [0.15, 0.2) is 18.2 Å². The molecule has 7 heteroatoms. The van der Waals surface area contributed by atoms with Crippen molar-refractivity contribution in [1.29, 1.82) is 0 Å². The van der Waals surface area contributed by atoms with E-state index in [4.69, 9.17) is 33.7 Å². The normalized spacial score (nSPS) is 18.1. The van der Waals surface area contributed by atoms with Gasteiger partial charge < -0.3 is 15.4 Å². The van der Waals surface area contributed by atoms with Crippen molar-refractivity contribution >= 4 is 35.2 Å². The fraction of sp³-hybridized carbons (Fsp3) is 0.385. The first-order chi connectivity index (χ1) is 9.49. The highest BCUT2D eigenvalue weighted by Crippen LogP contribution is 2.22. The highest BCUT2D eigenvalue weighted by atomic mass is 35.5. The van der Waals surface area contributed by atoms with Crippen LogP contribution in [-0.4, -0.2) is 36.1 Å². The first-order valence-electron chi connectivity index (χ1n) is 6.17. The SMILES string of the molecule is NC(=O)N1CCC[C@@H]1COC(=O)c1ccc(Cl)cc1Cl. The van der Waals surface area contributed by atoms with Crippen LogP contribution in [0.4, 0.5) is 4.79 Å². The Kier molecular flexibility index (Phi) is 4.73. The van der Waals surface area contributed by atoms with Gasteiger partial charge in [0.05, 0.1) is 16.6 Å². The molecule has 1 aliphatic rings. The van der Waals surface area contributed by atoms with Gasteiger partial charge in [-0.05, 0) is 31.0 Å². The molecule has 0 saturated carbocycles. The Morgan fingerprint density at radius 3 is 2.80 bits per heavy atom. The minimum Gasteiger partial charge on any atom is -0.460 e. The number of urea groups is 1. The molecule has 108 valence electrons. The lowest BCUT2D eigenvalue weighted by Crippen LogP contribution is -2.41. The third kappa shape index (κ3) is 3.35. The van der Waals surface area contributed by atoms with Crippen molar-refractivity contribution in [2.45, 2.75) is 18.9 Å².